The van der Waals surface area contributed by atoms with Crippen molar-refractivity contribution in [3.8, 4) is 45.0 Å². The van der Waals surface area contributed by atoms with Crippen molar-refractivity contribution < 1.29 is 57.1 Å². The van der Waals surface area contributed by atoms with Gasteiger partial charge in [-0.15, -0.1) is 0 Å². The van der Waals surface area contributed by atoms with Gasteiger partial charge in [-0.1, -0.05) is 48.5 Å². The van der Waals surface area contributed by atoms with Gasteiger partial charge >= 0.3 is 0 Å². The van der Waals surface area contributed by atoms with Gasteiger partial charge in [0.05, 0.1) is 170 Å². The van der Waals surface area contributed by atoms with Gasteiger partial charge in [0, 0.05) is 151 Å². The van der Waals surface area contributed by atoms with Gasteiger partial charge in [-0.2, -0.15) is 39.9 Å². The van der Waals surface area contributed by atoms with E-state index in [1.54, 1.807) is 52.5 Å². The van der Waals surface area contributed by atoms with Crippen molar-refractivity contribution in [2.45, 2.75) is 152 Å². The number of benzene rings is 4. The second-order valence-electron chi connectivity index (χ2n) is 38.2. The van der Waals surface area contributed by atoms with Crippen LogP contribution in [0.1, 0.15) is 120 Å². The van der Waals surface area contributed by atoms with Crippen molar-refractivity contribution in [1.82, 2.24) is 81.1 Å². The molecular weight excluding hydrogens is 1780 g/mol. The molecule has 12 aliphatic heterocycles. The predicted molar refractivity (Wildman–Crippen MR) is 536 cm³/mol. The second kappa shape index (κ2) is 40.9. The van der Waals surface area contributed by atoms with E-state index < -0.39 is 0 Å². The summed E-state index contributed by atoms with van der Waals surface area (Å²) in [5.74, 6) is 5.99. The van der Waals surface area contributed by atoms with E-state index in [1.165, 1.54) is 0 Å². The molecule has 4 amide bonds. The van der Waals surface area contributed by atoms with Gasteiger partial charge in [0.2, 0.25) is 23.8 Å². The van der Waals surface area contributed by atoms with E-state index in [-0.39, 0.29) is 72.5 Å². The summed E-state index contributed by atoms with van der Waals surface area (Å²) >= 11 is 0. The molecule has 728 valence electrons. The van der Waals surface area contributed by atoms with Crippen LogP contribution in [0.25, 0.3) is 89.2 Å². The second-order valence-corrected chi connectivity index (χ2v) is 38.2. The van der Waals surface area contributed by atoms with Crippen LogP contribution < -0.4 is 60.5 Å². The monoisotopic (exact) mass is 1900 g/mol. The Morgan fingerprint density at radius 3 is 0.821 bits per heavy atom. The van der Waals surface area contributed by atoms with Crippen LogP contribution in [0.2, 0.25) is 0 Å². The Bertz CT molecular complexity index is 6540. The number of amides is 4. The highest BCUT2D eigenvalue weighted by Crippen LogP contribution is 2.42. The van der Waals surface area contributed by atoms with Gasteiger partial charge in [-0.3, -0.25) is 19.2 Å². The molecule has 8 aromatic heterocycles. The van der Waals surface area contributed by atoms with E-state index in [0.717, 1.165) is 232 Å². The van der Waals surface area contributed by atoms with E-state index in [9.17, 15) is 19.2 Å². The number of carbonyl (C=O) groups excluding carboxylic acids is 4. The molecule has 8 unspecified atom stereocenters. The van der Waals surface area contributed by atoms with Crippen molar-refractivity contribution in [3.63, 3.8) is 0 Å². The topological polar surface area (TPSA) is 371 Å². The van der Waals surface area contributed by atoms with Gasteiger partial charge in [0.1, 0.15) is 23.3 Å². The van der Waals surface area contributed by atoms with Crippen LogP contribution >= 0.6 is 0 Å². The summed E-state index contributed by atoms with van der Waals surface area (Å²) in [5.41, 5.74) is 11.6. The first-order valence-corrected chi connectivity index (χ1v) is 49.4. The highest BCUT2D eigenvalue weighted by atomic mass is 16.5. The van der Waals surface area contributed by atoms with Crippen molar-refractivity contribution >= 4 is 115 Å². The molecule has 36 heteroatoms. The van der Waals surface area contributed by atoms with Crippen LogP contribution in [0.5, 0.6) is 0 Å². The molecule has 36 nitrogen and oxygen atoms in total. The molecule has 12 aromatic rings. The molecule has 12 fully saturated rings. The first-order chi connectivity index (χ1) is 68.3. The van der Waals surface area contributed by atoms with Gasteiger partial charge in [0.25, 0.3) is 23.6 Å². The highest BCUT2D eigenvalue weighted by Gasteiger charge is 2.44. The standard InChI is InChI=1S/2C27H32N6O3.2C25H28N6O3/c1-16-12-32(13-17(2)36-16)25-22-9-10-23(18-5-4-6-19(11-18)26(34)28-3)29-24(22)30-27(31-25)33-20-7-8-21(33)15-35-14-20;1-16-12-32(13-17(2)35-16)25-22-9-10-23(18-5-4-6-19(11-18)26(34)28-3)29-24(22)30-27(31-25)33-14-20-7-8-21(15-33)36-20;1-26-24(32)17-4-2-3-16(13-17)21-8-7-20-22(27-21)28-25(29-23(20)30-9-11-33-12-10-30)31-18-5-6-19(31)15-34-14-18;1-26-24(32)17-4-2-3-16(13-17)21-8-7-20-22(27-21)28-25(29-23(20)30-9-11-33-12-10-30)31-14-18-5-6-19(15-31)34-18/h2*4-6,9-11,16-17,20-21H,7-8,12-15H2,1-3H3,(H,28,34);2*2-4,7-8,13,18-19H,5-6,9-12,14-15H2,1H3,(H,26,32)/t2*16-,17+,20?,21?;;. The Kier molecular flexibility index (Phi) is 27.2. The molecule has 12 aliphatic rings. The third kappa shape index (κ3) is 19.8. The fourth-order valence-electron chi connectivity index (χ4n) is 21.6. The van der Waals surface area contributed by atoms with Gasteiger partial charge < -0.3 is 98.4 Å². The lowest BCUT2D eigenvalue weighted by Crippen LogP contribution is -2.48. The predicted octanol–water partition coefficient (Wildman–Crippen LogP) is 10.6. The minimum atomic E-state index is -0.123. The van der Waals surface area contributed by atoms with Crippen molar-refractivity contribution in [2.75, 3.05) is 199 Å². The van der Waals surface area contributed by atoms with Crippen LogP contribution in [0.3, 0.4) is 0 Å². The number of anilines is 8. The van der Waals surface area contributed by atoms with E-state index >= 15 is 0 Å². The molecule has 20 heterocycles. The van der Waals surface area contributed by atoms with Crippen LogP contribution in [0.4, 0.5) is 47.1 Å². The number of morpholine rings is 8. The van der Waals surface area contributed by atoms with Crippen molar-refractivity contribution in [2.24, 2.45) is 0 Å². The Hall–Kier alpha value is -13.2. The Morgan fingerprint density at radius 2 is 0.543 bits per heavy atom. The summed E-state index contributed by atoms with van der Waals surface area (Å²) in [6.45, 7) is 23.4. The summed E-state index contributed by atoms with van der Waals surface area (Å²) in [6, 6.07) is 47.4. The van der Waals surface area contributed by atoms with E-state index in [1.807, 2.05) is 109 Å². The van der Waals surface area contributed by atoms with E-state index in [4.69, 9.17) is 97.7 Å². The lowest BCUT2D eigenvalue weighted by Gasteiger charge is -2.38. The lowest BCUT2D eigenvalue weighted by molar-refractivity contribution is -0.00564. The van der Waals surface area contributed by atoms with Crippen LogP contribution in [-0.4, -0.2) is 316 Å². The summed E-state index contributed by atoms with van der Waals surface area (Å²) in [4.78, 5) is 127. The maximum atomic E-state index is 12.2. The minimum Gasteiger partial charge on any atom is -0.378 e. The third-order valence-electron chi connectivity index (χ3n) is 28.4. The van der Waals surface area contributed by atoms with Crippen LogP contribution in [-0.2, 0) is 37.9 Å². The molecule has 8 bridgehead atoms. The molecule has 12 atom stereocenters. The highest BCUT2D eigenvalue weighted by molar-refractivity contribution is 6.00. The van der Waals surface area contributed by atoms with Gasteiger partial charge in [0.15, 0.2) is 22.6 Å². The number of pyridine rings is 4. The average Bonchev–Trinajstić information content (AvgIpc) is 1.48. The third-order valence-corrected chi connectivity index (χ3v) is 28.4. The number of nitrogens with zero attached hydrogens (tertiary/aromatic N) is 20. The number of fused-ring (bicyclic) bond motifs is 12. The van der Waals surface area contributed by atoms with Crippen molar-refractivity contribution in [1.29, 1.82) is 0 Å². The molecule has 4 N–H and O–H groups in total. The quantitative estimate of drug-likeness (QED) is 0.0698. The number of carbonyl (C=O) groups is 4. The maximum absolute atomic E-state index is 12.2. The number of rotatable bonds is 16. The molecule has 0 aliphatic carbocycles. The average molecular weight is 1900 g/mol. The van der Waals surface area contributed by atoms with Gasteiger partial charge in [-0.25, -0.2) is 19.9 Å². The van der Waals surface area contributed by atoms with Crippen molar-refractivity contribution in [3.05, 3.63) is 168 Å². The molecule has 24 rings (SSSR count). The zero-order valence-corrected chi connectivity index (χ0v) is 80.4. The number of hydrogen-bond donors (Lipinski definition) is 4. The first kappa shape index (κ1) is 93.1. The number of ether oxygens (including phenoxy) is 8. The zero-order valence-electron chi connectivity index (χ0n) is 80.4. The number of nitrogens with one attached hydrogen (secondary N) is 4. The fourth-order valence-corrected chi connectivity index (χ4v) is 21.6. The Labute approximate surface area is 812 Å². The summed E-state index contributed by atoms with van der Waals surface area (Å²) in [7, 11) is 6.53. The SMILES string of the molecule is CNC(=O)c1cccc(-c2ccc3c(N4CCOCC4)nc(N4C5CCC4COC5)nc3n2)c1.CNC(=O)c1cccc(-c2ccc3c(N4CCOCC4)nc(N4CC5CCC(C4)O5)nc3n2)c1.CNC(=O)c1cccc(-c2ccc3c(N4C[C@@H](C)O[C@@H](C)C4)nc(N4C5CCC4COC5)nc3n2)c1.CNC(=O)c1cccc(-c2ccc3c(N4C[C@@H](C)O[C@@H](C)C4)nc(N4CC5CCC(C4)O5)nc3n2)c1. The van der Waals surface area contributed by atoms with E-state index in [2.05, 4.69) is 100 Å². The first-order valence-electron chi connectivity index (χ1n) is 49.4. The summed E-state index contributed by atoms with van der Waals surface area (Å²) < 4.78 is 46.8. The minimum absolute atomic E-state index is 0.112. The fraction of sp³-hybridized carbons (Fsp3) is 0.462. The smallest absolute Gasteiger partial charge is 0.251 e. The number of aromatic nitrogens is 12. The molecule has 12 saturated heterocycles. The molecule has 0 spiro atoms. The summed E-state index contributed by atoms with van der Waals surface area (Å²) in [6.07, 6.45) is 10.2. The molecule has 0 radical (unpaired) electrons. The lowest BCUT2D eigenvalue weighted by atomic mass is 10.1. The Morgan fingerprint density at radius 1 is 0.279 bits per heavy atom. The molecular formula is C104H120N24O12. The number of hydrogen-bond acceptors (Lipinski definition) is 32. The van der Waals surface area contributed by atoms with E-state index in [0.29, 0.717) is 134 Å². The zero-order chi connectivity index (χ0) is 95.8. The van der Waals surface area contributed by atoms with Crippen LogP contribution in [0.15, 0.2) is 146 Å². The van der Waals surface area contributed by atoms with Crippen LogP contribution in [0, 0.1) is 0 Å². The molecule has 0 saturated carbocycles. The van der Waals surface area contributed by atoms with Gasteiger partial charge in [-0.05, 0) is 176 Å². The largest absolute Gasteiger partial charge is 0.378 e. The molecule has 4 aromatic carbocycles. The Balaban J connectivity index is 0.000000111. The molecule has 140 heavy (non-hydrogen) atoms. The normalized spacial score (nSPS) is 24.1. The summed E-state index contributed by atoms with van der Waals surface area (Å²) in [5, 5.41) is 14.4. The maximum Gasteiger partial charge on any atom is 0.251 e.